The van der Waals surface area contributed by atoms with Gasteiger partial charge in [-0.2, -0.15) is 0 Å². The number of carbonyl (C=O) groups is 1. The fourth-order valence-corrected chi connectivity index (χ4v) is 2.28. The lowest BCUT2D eigenvalue weighted by Gasteiger charge is -2.42. The van der Waals surface area contributed by atoms with Crippen LogP contribution in [0.5, 0.6) is 0 Å². The van der Waals surface area contributed by atoms with E-state index in [0.717, 1.165) is 5.56 Å². The average Bonchev–Trinajstić information content (AvgIpc) is 2.41. The molecule has 0 heterocycles. The minimum absolute atomic E-state index is 0.0767. The predicted molar refractivity (Wildman–Crippen MR) is 68.3 cm³/mol. The quantitative estimate of drug-likeness (QED) is 0.858. The maximum Gasteiger partial charge on any atom is 0.407 e. The van der Waals surface area contributed by atoms with Crippen LogP contribution in [0.3, 0.4) is 0 Å². The normalized spacial score (nSPS) is 25.5. The van der Waals surface area contributed by atoms with E-state index in [9.17, 15) is 14.3 Å². The number of halogens is 1. The third-order valence-electron chi connectivity index (χ3n) is 3.33. The van der Waals surface area contributed by atoms with Crippen LogP contribution in [0.25, 0.3) is 0 Å². The third kappa shape index (κ3) is 3.92. The van der Waals surface area contributed by atoms with E-state index in [1.807, 2.05) is 30.3 Å². The van der Waals surface area contributed by atoms with Crippen LogP contribution in [0.1, 0.15) is 18.4 Å². The molecule has 0 bridgehead atoms. The maximum absolute atomic E-state index is 12.3. The van der Waals surface area contributed by atoms with Gasteiger partial charge in [-0.1, -0.05) is 30.3 Å². The molecule has 1 fully saturated rings. The molecule has 0 radical (unpaired) electrons. The molecule has 2 rings (SSSR count). The zero-order valence-electron chi connectivity index (χ0n) is 10.6. The fourth-order valence-electron chi connectivity index (χ4n) is 2.28. The van der Waals surface area contributed by atoms with Crippen molar-refractivity contribution in [2.24, 2.45) is 5.92 Å². The number of ether oxygens (including phenoxy) is 1. The smallest absolute Gasteiger partial charge is 0.407 e. The molecule has 104 valence electrons. The molecule has 4 nitrogen and oxygen atoms in total. The second kappa shape index (κ2) is 6.02. The predicted octanol–water partition coefficient (Wildman–Crippen LogP) is 2.02. The lowest BCUT2D eigenvalue weighted by Crippen LogP contribution is -2.52. The van der Waals surface area contributed by atoms with Crippen LogP contribution < -0.4 is 5.32 Å². The standard InChI is InChI=1S/C14H18FNO3/c15-8-12-6-14(18,7-12)10-16-13(17)19-9-11-4-2-1-3-5-11/h1-5,12,18H,6-10H2,(H,16,17). The molecule has 0 spiro atoms. The average molecular weight is 267 g/mol. The molecular weight excluding hydrogens is 249 g/mol. The van der Waals surface area contributed by atoms with Gasteiger partial charge in [0.05, 0.1) is 12.3 Å². The highest BCUT2D eigenvalue weighted by atomic mass is 19.1. The summed E-state index contributed by atoms with van der Waals surface area (Å²) in [6.07, 6.45) is 0.214. The van der Waals surface area contributed by atoms with E-state index >= 15 is 0 Å². The Morgan fingerprint density at radius 2 is 2.11 bits per heavy atom. The Morgan fingerprint density at radius 3 is 2.74 bits per heavy atom. The summed E-state index contributed by atoms with van der Waals surface area (Å²) in [4.78, 5) is 11.4. The number of benzene rings is 1. The highest BCUT2D eigenvalue weighted by molar-refractivity contribution is 5.67. The molecule has 1 aliphatic carbocycles. The summed E-state index contributed by atoms with van der Waals surface area (Å²) in [5, 5.41) is 12.4. The van der Waals surface area contributed by atoms with Crippen molar-refractivity contribution in [3.63, 3.8) is 0 Å². The maximum atomic E-state index is 12.3. The van der Waals surface area contributed by atoms with Crippen molar-refractivity contribution in [2.45, 2.75) is 25.0 Å². The van der Waals surface area contributed by atoms with E-state index < -0.39 is 18.4 Å². The number of hydrogen-bond donors (Lipinski definition) is 2. The van der Waals surface area contributed by atoms with Crippen molar-refractivity contribution < 1.29 is 19.0 Å². The molecule has 0 atom stereocenters. The van der Waals surface area contributed by atoms with E-state index in [2.05, 4.69) is 5.32 Å². The van der Waals surface area contributed by atoms with Crippen molar-refractivity contribution in [1.29, 1.82) is 0 Å². The zero-order chi connectivity index (χ0) is 13.7. The topological polar surface area (TPSA) is 58.6 Å². The van der Waals surface area contributed by atoms with Crippen molar-refractivity contribution in [3.8, 4) is 0 Å². The van der Waals surface area contributed by atoms with E-state index in [0.29, 0.717) is 12.8 Å². The van der Waals surface area contributed by atoms with Gasteiger partial charge in [0.25, 0.3) is 0 Å². The van der Waals surface area contributed by atoms with Gasteiger partial charge in [0.2, 0.25) is 0 Å². The van der Waals surface area contributed by atoms with E-state index in [4.69, 9.17) is 4.74 Å². The Balaban J connectivity index is 1.65. The zero-order valence-corrected chi connectivity index (χ0v) is 10.6. The first kappa shape index (κ1) is 13.8. The number of rotatable bonds is 5. The third-order valence-corrected chi connectivity index (χ3v) is 3.33. The molecule has 1 saturated carbocycles. The van der Waals surface area contributed by atoms with Gasteiger partial charge < -0.3 is 15.2 Å². The molecule has 0 unspecified atom stereocenters. The highest BCUT2D eigenvalue weighted by Crippen LogP contribution is 2.37. The lowest BCUT2D eigenvalue weighted by atomic mass is 9.71. The summed E-state index contributed by atoms with van der Waals surface area (Å²) < 4.78 is 17.3. The van der Waals surface area contributed by atoms with Gasteiger partial charge in [-0.05, 0) is 24.3 Å². The molecule has 19 heavy (non-hydrogen) atoms. The lowest BCUT2D eigenvalue weighted by molar-refractivity contribution is -0.0760. The first-order valence-electron chi connectivity index (χ1n) is 6.34. The summed E-state index contributed by atoms with van der Waals surface area (Å²) in [7, 11) is 0. The molecule has 0 aliphatic heterocycles. The van der Waals surface area contributed by atoms with Crippen LogP contribution in [-0.2, 0) is 11.3 Å². The Bertz CT molecular complexity index is 418. The SMILES string of the molecule is O=C(NCC1(O)CC(CF)C1)OCc1ccccc1. The summed E-state index contributed by atoms with van der Waals surface area (Å²) in [6.45, 7) is -0.115. The first-order valence-corrected chi connectivity index (χ1v) is 6.34. The van der Waals surface area contributed by atoms with Crippen LogP contribution in [0.15, 0.2) is 30.3 Å². The second-order valence-electron chi connectivity index (χ2n) is 5.07. The summed E-state index contributed by atoms with van der Waals surface area (Å²) >= 11 is 0. The fraction of sp³-hybridized carbons (Fsp3) is 0.500. The van der Waals surface area contributed by atoms with Gasteiger partial charge in [-0.15, -0.1) is 0 Å². The number of carbonyl (C=O) groups excluding carboxylic acids is 1. The Kier molecular flexibility index (Phi) is 4.37. The highest BCUT2D eigenvalue weighted by Gasteiger charge is 2.42. The Hall–Kier alpha value is -1.62. The Morgan fingerprint density at radius 1 is 1.42 bits per heavy atom. The van der Waals surface area contributed by atoms with Gasteiger partial charge in [-0.3, -0.25) is 4.39 Å². The summed E-state index contributed by atoms with van der Waals surface area (Å²) in [5.41, 5.74) is -0.0693. The number of hydrogen-bond acceptors (Lipinski definition) is 3. The molecule has 1 aromatic rings. The van der Waals surface area contributed by atoms with E-state index in [1.54, 1.807) is 0 Å². The molecule has 1 aromatic carbocycles. The molecule has 1 amide bonds. The van der Waals surface area contributed by atoms with Crippen molar-refractivity contribution >= 4 is 6.09 Å². The van der Waals surface area contributed by atoms with Crippen molar-refractivity contribution in [3.05, 3.63) is 35.9 Å². The monoisotopic (exact) mass is 267 g/mol. The molecule has 0 aromatic heterocycles. The molecule has 1 aliphatic rings. The largest absolute Gasteiger partial charge is 0.445 e. The van der Waals surface area contributed by atoms with Crippen LogP contribution >= 0.6 is 0 Å². The van der Waals surface area contributed by atoms with Gasteiger partial charge in [0.1, 0.15) is 6.61 Å². The second-order valence-corrected chi connectivity index (χ2v) is 5.07. The number of alkyl halides is 1. The van der Waals surface area contributed by atoms with E-state index in [-0.39, 0.29) is 19.1 Å². The van der Waals surface area contributed by atoms with Gasteiger partial charge >= 0.3 is 6.09 Å². The van der Waals surface area contributed by atoms with Gasteiger partial charge in [0, 0.05) is 6.54 Å². The number of alkyl carbamates (subject to hydrolysis) is 1. The molecule has 0 saturated heterocycles. The molecule has 5 heteroatoms. The Labute approximate surface area is 111 Å². The first-order chi connectivity index (χ1) is 9.11. The summed E-state index contributed by atoms with van der Waals surface area (Å²) in [6, 6.07) is 9.34. The minimum Gasteiger partial charge on any atom is -0.445 e. The van der Waals surface area contributed by atoms with Crippen molar-refractivity contribution in [1.82, 2.24) is 5.32 Å². The summed E-state index contributed by atoms with van der Waals surface area (Å²) in [5.74, 6) is -0.0767. The van der Waals surface area contributed by atoms with Crippen LogP contribution in [0, 0.1) is 5.92 Å². The number of amides is 1. The van der Waals surface area contributed by atoms with Crippen LogP contribution in [0.4, 0.5) is 9.18 Å². The van der Waals surface area contributed by atoms with Crippen LogP contribution in [-0.4, -0.2) is 30.0 Å². The minimum atomic E-state index is -0.970. The number of nitrogens with one attached hydrogen (secondary N) is 1. The van der Waals surface area contributed by atoms with Crippen molar-refractivity contribution in [2.75, 3.05) is 13.2 Å². The molecular formula is C14H18FNO3. The van der Waals surface area contributed by atoms with E-state index in [1.165, 1.54) is 0 Å². The molecule has 2 N–H and O–H groups in total. The van der Waals surface area contributed by atoms with Gasteiger partial charge in [-0.25, -0.2) is 4.79 Å². The number of aliphatic hydroxyl groups is 1. The van der Waals surface area contributed by atoms with Crippen LogP contribution in [0.2, 0.25) is 0 Å². The van der Waals surface area contributed by atoms with Gasteiger partial charge in [0.15, 0.2) is 0 Å².